The summed E-state index contributed by atoms with van der Waals surface area (Å²) in [5, 5.41) is 8.61. The van der Waals surface area contributed by atoms with Gasteiger partial charge in [0.05, 0.1) is 5.56 Å². The van der Waals surface area contributed by atoms with Crippen molar-refractivity contribution in [1.29, 1.82) is 0 Å². The van der Waals surface area contributed by atoms with Gasteiger partial charge in [-0.1, -0.05) is 51.0 Å². The first kappa shape index (κ1) is 24.7. The normalized spacial score (nSPS) is 11.5. The first-order valence-corrected chi connectivity index (χ1v) is 11.0. The lowest BCUT2D eigenvalue weighted by molar-refractivity contribution is -0.138. The number of rotatable bonds is 14. The zero-order valence-electron chi connectivity index (χ0n) is 17.8. The van der Waals surface area contributed by atoms with Crippen molar-refractivity contribution in [2.24, 2.45) is 0 Å². The quantitative estimate of drug-likeness (QED) is 0.318. The molecule has 0 aliphatic carbocycles. The average molecular weight is 437 g/mol. The van der Waals surface area contributed by atoms with E-state index >= 15 is 0 Å². The minimum Gasteiger partial charge on any atom is -0.481 e. The molecule has 0 aliphatic rings. The Morgan fingerprint density at radius 1 is 0.839 bits per heavy atom. The van der Waals surface area contributed by atoms with Gasteiger partial charge in [0.15, 0.2) is 0 Å². The monoisotopic (exact) mass is 436 g/mol. The number of hydrogen-bond acceptors (Lipinski definition) is 3. The molecule has 1 heterocycles. The summed E-state index contributed by atoms with van der Waals surface area (Å²) in [5.74, 6) is -0.000314. The zero-order chi connectivity index (χ0) is 22.5. The zero-order valence-corrected chi connectivity index (χ0v) is 17.8. The highest BCUT2D eigenvalue weighted by Gasteiger charge is 2.30. The van der Waals surface area contributed by atoms with Gasteiger partial charge in [-0.3, -0.25) is 4.79 Å². The molecule has 0 amide bonds. The number of halogens is 3. The van der Waals surface area contributed by atoms with Crippen molar-refractivity contribution in [3.05, 3.63) is 54.2 Å². The van der Waals surface area contributed by atoms with Crippen molar-refractivity contribution in [3.8, 4) is 0 Å². The molecule has 31 heavy (non-hydrogen) atoms. The summed E-state index contributed by atoms with van der Waals surface area (Å²) in [6, 6.07) is 10.8. The predicted octanol–water partition coefficient (Wildman–Crippen LogP) is 7.22. The van der Waals surface area contributed by atoms with Crippen LogP contribution >= 0.6 is 0 Å². The molecule has 0 saturated heterocycles. The SMILES string of the molecule is O=C(O)CCCCCCCCCCCN(c1ccc(C(F)(F)F)cc1)c1ccccn1. The van der Waals surface area contributed by atoms with Crippen molar-refractivity contribution >= 4 is 17.5 Å². The van der Waals surface area contributed by atoms with Gasteiger partial charge in [-0.25, -0.2) is 4.98 Å². The number of carboxylic acids is 1. The van der Waals surface area contributed by atoms with Crippen LogP contribution in [0.4, 0.5) is 24.7 Å². The third-order valence-electron chi connectivity index (χ3n) is 5.20. The largest absolute Gasteiger partial charge is 0.481 e. The van der Waals surface area contributed by atoms with Crippen LogP contribution in [-0.4, -0.2) is 22.6 Å². The summed E-state index contributed by atoms with van der Waals surface area (Å²) >= 11 is 0. The lowest BCUT2D eigenvalue weighted by atomic mass is 10.1. The van der Waals surface area contributed by atoms with Gasteiger partial charge >= 0.3 is 12.1 Å². The lowest BCUT2D eigenvalue weighted by Crippen LogP contribution is -2.19. The second-order valence-corrected chi connectivity index (χ2v) is 7.71. The van der Waals surface area contributed by atoms with Gasteiger partial charge in [-0.05, 0) is 49.2 Å². The van der Waals surface area contributed by atoms with E-state index in [4.69, 9.17) is 5.11 Å². The van der Waals surface area contributed by atoms with E-state index < -0.39 is 17.7 Å². The number of anilines is 2. The lowest BCUT2D eigenvalue weighted by Gasteiger charge is -2.24. The molecule has 1 aromatic carbocycles. The van der Waals surface area contributed by atoms with Crippen LogP contribution in [0.5, 0.6) is 0 Å². The van der Waals surface area contributed by atoms with E-state index in [0.29, 0.717) is 12.2 Å². The molecule has 0 saturated carbocycles. The van der Waals surface area contributed by atoms with E-state index in [1.807, 2.05) is 23.1 Å². The number of carbonyl (C=O) groups is 1. The van der Waals surface area contributed by atoms with Gasteiger partial charge in [0.25, 0.3) is 0 Å². The molecule has 2 rings (SSSR count). The Labute approximate surface area is 182 Å². The highest BCUT2D eigenvalue weighted by molar-refractivity contribution is 5.66. The summed E-state index contributed by atoms with van der Waals surface area (Å²) < 4.78 is 38.6. The molecule has 2 aromatic rings. The Balaban J connectivity index is 1.76. The highest BCUT2D eigenvalue weighted by atomic mass is 19.4. The topological polar surface area (TPSA) is 53.4 Å². The number of hydrogen-bond donors (Lipinski definition) is 1. The molecule has 0 unspecified atom stereocenters. The molecule has 0 spiro atoms. The van der Waals surface area contributed by atoms with Crippen molar-refractivity contribution in [3.63, 3.8) is 0 Å². The van der Waals surface area contributed by atoms with Crippen LogP contribution in [-0.2, 0) is 11.0 Å². The molecule has 0 radical (unpaired) electrons. The van der Waals surface area contributed by atoms with E-state index in [-0.39, 0.29) is 6.42 Å². The van der Waals surface area contributed by atoms with Crippen LogP contribution in [0.3, 0.4) is 0 Å². The van der Waals surface area contributed by atoms with E-state index in [0.717, 1.165) is 75.7 Å². The van der Waals surface area contributed by atoms with E-state index in [1.165, 1.54) is 12.1 Å². The van der Waals surface area contributed by atoms with Gasteiger partial charge in [-0.15, -0.1) is 0 Å². The minimum absolute atomic E-state index is 0.256. The Morgan fingerprint density at radius 2 is 1.42 bits per heavy atom. The summed E-state index contributed by atoms with van der Waals surface area (Å²) in [6.45, 7) is 0.692. The van der Waals surface area contributed by atoms with Crippen LogP contribution in [0.1, 0.15) is 69.8 Å². The number of nitrogens with zero attached hydrogens (tertiary/aromatic N) is 2. The second-order valence-electron chi connectivity index (χ2n) is 7.71. The molecule has 1 N–H and O–H groups in total. The van der Waals surface area contributed by atoms with Crippen LogP contribution < -0.4 is 4.90 Å². The summed E-state index contributed by atoms with van der Waals surface area (Å²) in [4.78, 5) is 16.8. The molecular formula is C24H31F3N2O2. The van der Waals surface area contributed by atoms with Gasteiger partial charge in [0.2, 0.25) is 0 Å². The van der Waals surface area contributed by atoms with Crippen molar-refractivity contribution in [2.45, 2.75) is 70.4 Å². The second kappa shape index (κ2) is 13.0. The van der Waals surface area contributed by atoms with Crippen molar-refractivity contribution in [1.82, 2.24) is 4.98 Å². The van der Waals surface area contributed by atoms with Gasteiger partial charge in [0.1, 0.15) is 5.82 Å². The van der Waals surface area contributed by atoms with Crippen molar-refractivity contribution in [2.75, 3.05) is 11.4 Å². The molecule has 0 atom stereocenters. The number of pyridine rings is 1. The molecule has 7 heteroatoms. The fourth-order valence-electron chi connectivity index (χ4n) is 3.50. The molecule has 1 aromatic heterocycles. The van der Waals surface area contributed by atoms with Crippen LogP contribution in [0, 0.1) is 0 Å². The highest BCUT2D eigenvalue weighted by Crippen LogP contribution is 2.32. The maximum atomic E-state index is 12.9. The van der Waals surface area contributed by atoms with Crippen molar-refractivity contribution < 1.29 is 23.1 Å². The van der Waals surface area contributed by atoms with Gasteiger partial charge in [0, 0.05) is 24.8 Å². The van der Waals surface area contributed by atoms with Crippen LogP contribution in [0.15, 0.2) is 48.7 Å². The van der Waals surface area contributed by atoms with Gasteiger partial charge in [-0.2, -0.15) is 13.2 Å². The number of benzene rings is 1. The molecule has 0 aliphatic heterocycles. The molecular weight excluding hydrogens is 405 g/mol. The van der Waals surface area contributed by atoms with E-state index in [2.05, 4.69) is 4.98 Å². The summed E-state index contributed by atoms with van der Waals surface area (Å²) in [7, 11) is 0. The fraction of sp³-hybridized carbons (Fsp3) is 0.500. The number of aromatic nitrogens is 1. The maximum absolute atomic E-state index is 12.9. The Kier molecular flexibility index (Phi) is 10.3. The standard InChI is InChI=1S/C24H31F3N2O2/c25-24(26,27)20-14-16-21(17-15-20)29(22-12-9-10-18-28-22)19-11-7-5-3-1-2-4-6-8-13-23(30)31/h9-10,12,14-18H,1-8,11,13,19H2,(H,30,31). The predicted molar refractivity (Wildman–Crippen MR) is 116 cm³/mol. The number of alkyl halides is 3. The minimum atomic E-state index is -4.34. The summed E-state index contributed by atoms with van der Waals surface area (Å²) in [6.07, 6.45) is 6.90. The maximum Gasteiger partial charge on any atom is 0.416 e. The number of carboxylic acid groups (broad SMARTS) is 1. The number of aliphatic carboxylic acids is 1. The summed E-state index contributed by atoms with van der Waals surface area (Å²) in [5.41, 5.74) is 0.0493. The van der Waals surface area contributed by atoms with Gasteiger partial charge < -0.3 is 10.0 Å². The smallest absolute Gasteiger partial charge is 0.416 e. The molecule has 0 fully saturated rings. The fourth-order valence-corrected chi connectivity index (χ4v) is 3.50. The van der Waals surface area contributed by atoms with Crippen LogP contribution in [0.2, 0.25) is 0 Å². The first-order chi connectivity index (χ1) is 14.9. The Bertz CT molecular complexity index is 765. The third kappa shape index (κ3) is 9.40. The Morgan fingerprint density at radius 3 is 1.94 bits per heavy atom. The van der Waals surface area contributed by atoms with E-state index in [9.17, 15) is 18.0 Å². The number of unbranched alkanes of at least 4 members (excludes halogenated alkanes) is 8. The Hall–Kier alpha value is -2.57. The van der Waals surface area contributed by atoms with E-state index in [1.54, 1.807) is 6.20 Å². The van der Waals surface area contributed by atoms with Crippen LogP contribution in [0.25, 0.3) is 0 Å². The molecule has 4 nitrogen and oxygen atoms in total. The molecule has 0 bridgehead atoms. The third-order valence-corrected chi connectivity index (χ3v) is 5.20. The average Bonchev–Trinajstić information content (AvgIpc) is 2.74. The first-order valence-electron chi connectivity index (χ1n) is 11.0. The molecule has 170 valence electrons.